The SMILES string of the molecule is COC[C@H](NC(=O)CNC(=O)C(=O)CNC=O)C(=O)N(C)C. The highest BCUT2D eigenvalue weighted by molar-refractivity contribution is 6.37. The fraction of sp³-hybridized carbons (Fsp3) is 0.583. The number of hydrogen-bond acceptors (Lipinski definition) is 6. The quantitative estimate of drug-likeness (QED) is 0.285. The van der Waals surface area contributed by atoms with E-state index in [0.717, 1.165) is 0 Å². The molecule has 0 unspecified atom stereocenters. The Balaban J connectivity index is 4.35. The third-order valence-corrected chi connectivity index (χ3v) is 2.42. The maximum atomic E-state index is 11.8. The third kappa shape index (κ3) is 7.33. The number of nitrogens with zero attached hydrogens (tertiary/aromatic N) is 1. The van der Waals surface area contributed by atoms with Crippen molar-refractivity contribution in [2.75, 3.05) is 40.9 Å². The number of amides is 4. The van der Waals surface area contributed by atoms with Crippen LogP contribution in [0.3, 0.4) is 0 Å². The van der Waals surface area contributed by atoms with Gasteiger partial charge in [0.15, 0.2) is 0 Å². The number of methoxy groups -OCH3 is 1. The number of carbonyl (C=O) groups excluding carboxylic acids is 5. The number of rotatable bonds is 10. The van der Waals surface area contributed by atoms with E-state index < -0.39 is 36.7 Å². The molecule has 0 aromatic carbocycles. The molecule has 0 aromatic rings. The van der Waals surface area contributed by atoms with Crippen LogP contribution in [-0.4, -0.2) is 81.8 Å². The molecule has 124 valence electrons. The summed E-state index contributed by atoms with van der Waals surface area (Å²) in [5.74, 6) is -2.92. The standard InChI is InChI=1S/C12H20N4O6/c1-16(2)12(21)8(6-22-3)15-10(19)5-14-11(20)9(18)4-13-7-17/h7-8H,4-6H2,1-3H3,(H,13,17)(H,14,20)(H,15,19)/t8-/m0/s1. The van der Waals surface area contributed by atoms with Gasteiger partial charge in [0.05, 0.1) is 19.7 Å². The Bertz CT molecular complexity index is 437. The van der Waals surface area contributed by atoms with E-state index in [1.807, 2.05) is 5.32 Å². The van der Waals surface area contributed by atoms with Crippen LogP contribution in [0.2, 0.25) is 0 Å². The number of likely N-dealkylation sites (N-methyl/N-ethyl adjacent to an activating group) is 1. The van der Waals surface area contributed by atoms with Crippen LogP contribution in [0.25, 0.3) is 0 Å². The van der Waals surface area contributed by atoms with Gasteiger partial charge >= 0.3 is 0 Å². The van der Waals surface area contributed by atoms with Crippen LogP contribution in [0.1, 0.15) is 0 Å². The van der Waals surface area contributed by atoms with E-state index in [-0.39, 0.29) is 18.9 Å². The van der Waals surface area contributed by atoms with Crippen LogP contribution in [0, 0.1) is 0 Å². The summed E-state index contributed by atoms with van der Waals surface area (Å²) in [6.07, 6.45) is 0.278. The van der Waals surface area contributed by atoms with Gasteiger partial charge in [-0.1, -0.05) is 0 Å². The molecule has 0 rings (SSSR count). The summed E-state index contributed by atoms with van der Waals surface area (Å²) >= 11 is 0. The second kappa shape index (κ2) is 10.3. The molecule has 0 aromatic heterocycles. The highest BCUT2D eigenvalue weighted by atomic mass is 16.5. The number of carbonyl (C=O) groups is 5. The molecule has 10 nitrogen and oxygen atoms in total. The molecule has 0 heterocycles. The lowest BCUT2D eigenvalue weighted by Gasteiger charge is -2.21. The molecule has 0 spiro atoms. The number of ether oxygens (including phenoxy) is 1. The lowest BCUT2D eigenvalue weighted by atomic mass is 10.2. The Morgan fingerprint density at radius 1 is 1.18 bits per heavy atom. The first-order valence-electron chi connectivity index (χ1n) is 6.31. The van der Waals surface area contributed by atoms with Gasteiger partial charge in [0.1, 0.15) is 6.04 Å². The summed E-state index contributed by atoms with van der Waals surface area (Å²) in [6.45, 7) is -0.964. The molecule has 0 aliphatic rings. The average molecular weight is 316 g/mol. The van der Waals surface area contributed by atoms with E-state index in [2.05, 4.69) is 10.6 Å². The number of ketones is 1. The summed E-state index contributed by atoms with van der Waals surface area (Å²) in [4.78, 5) is 57.2. The van der Waals surface area contributed by atoms with Crippen molar-refractivity contribution in [3.05, 3.63) is 0 Å². The summed E-state index contributed by atoms with van der Waals surface area (Å²) < 4.78 is 4.84. The lowest BCUT2D eigenvalue weighted by Crippen LogP contribution is -2.51. The topological polar surface area (TPSA) is 134 Å². The average Bonchev–Trinajstić information content (AvgIpc) is 2.48. The summed E-state index contributed by atoms with van der Waals surface area (Å²) in [5.41, 5.74) is 0. The normalized spacial score (nSPS) is 11.0. The van der Waals surface area contributed by atoms with Gasteiger partial charge in [-0.05, 0) is 0 Å². The first-order valence-corrected chi connectivity index (χ1v) is 6.31. The predicted molar refractivity (Wildman–Crippen MR) is 74.6 cm³/mol. The minimum Gasteiger partial charge on any atom is -0.382 e. The molecule has 3 N–H and O–H groups in total. The van der Waals surface area contributed by atoms with Crippen molar-refractivity contribution in [1.29, 1.82) is 0 Å². The van der Waals surface area contributed by atoms with Gasteiger partial charge < -0.3 is 25.6 Å². The molecular formula is C12H20N4O6. The monoisotopic (exact) mass is 316 g/mol. The molecule has 0 saturated heterocycles. The van der Waals surface area contributed by atoms with Crippen LogP contribution in [0.5, 0.6) is 0 Å². The van der Waals surface area contributed by atoms with Crippen molar-refractivity contribution in [3.8, 4) is 0 Å². The fourth-order valence-electron chi connectivity index (χ4n) is 1.37. The smallest absolute Gasteiger partial charge is 0.289 e. The highest BCUT2D eigenvalue weighted by Crippen LogP contribution is 1.91. The van der Waals surface area contributed by atoms with Crippen molar-refractivity contribution in [2.45, 2.75) is 6.04 Å². The summed E-state index contributed by atoms with van der Waals surface area (Å²) in [6, 6.07) is -0.892. The van der Waals surface area contributed by atoms with Crippen molar-refractivity contribution >= 4 is 29.9 Å². The van der Waals surface area contributed by atoms with E-state index in [0.29, 0.717) is 0 Å². The van der Waals surface area contributed by atoms with Gasteiger partial charge in [0.2, 0.25) is 24.0 Å². The largest absolute Gasteiger partial charge is 0.382 e. The molecular weight excluding hydrogens is 296 g/mol. The Morgan fingerprint density at radius 3 is 2.32 bits per heavy atom. The molecule has 0 saturated carbocycles. The zero-order chi connectivity index (χ0) is 17.1. The third-order valence-electron chi connectivity index (χ3n) is 2.42. The predicted octanol–water partition coefficient (Wildman–Crippen LogP) is -3.36. The Kier molecular flexibility index (Phi) is 9.11. The summed E-state index contributed by atoms with van der Waals surface area (Å²) in [7, 11) is 4.43. The lowest BCUT2D eigenvalue weighted by molar-refractivity contribution is -0.139. The maximum Gasteiger partial charge on any atom is 0.289 e. The van der Waals surface area contributed by atoms with Gasteiger partial charge in [0.25, 0.3) is 5.91 Å². The van der Waals surface area contributed by atoms with E-state index in [1.54, 1.807) is 0 Å². The Morgan fingerprint density at radius 2 is 1.82 bits per heavy atom. The van der Waals surface area contributed by atoms with Crippen LogP contribution in [0.4, 0.5) is 0 Å². The van der Waals surface area contributed by atoms with Crippen molar-refractivity contribution in [2.24, 2.45) is 0 Å². The van der Waals surface area contributed by atoms with E-state index in [9.17, 15) is 24.0 Å². The number of hydrogen-bond donors (Lipinski definition) is 3. The minimum absolute atomic E-state index is 0.0289. The maximum absolute atomic E-state index is 11.8. The highest BCUT2D eigenvalue weighted by Gasteiger charge is 2.22. The van der Waals surface area contributed by atoms with Crippen molar-refractivity contribution in [1.82, 2.24) is 20.9 Å². The van der Waals surface area contributed by atoms with E-state index in [1.165, 1.54) is 26.1 Å². The minimum atomic E-state index is -1.01. The molecule has 0 bridgehead atoms. The number of nitrogens with one attached hydrogen (secondary N) is 3. The Labute approximate surface area is 127 Å². The molecule has 1 atom stereocenters. The van der Waals surface area contributed by atoms with Gasteiger partial charge in [-0.15, -0.1) is 0 Å². The first kappa shape index (κ1) is 19.5. The molecule has 4 amide bonds. The van der Waals surface area contributed by atoms with Crippen LogP contribution < -0.4 is 16.0 Å². The molecule has 0 radical (unpaired) electrons. The van der Waals surface area contributed by atoms with Crippen molar-refractivity contribution in [3.63, 3.8) is 0 Å². The Hall–Kier alpha value is -2.49. The van der Waals surface area contributed by atoms with E-state index in [4.69, 9.17) is 4.74 Å². The van der Waals surface area contributed by atoms with Gasteiger partial charge in [-0.25, -0.2) is 0 Å². The zero-order valence-corrected chi connectivity index (χ0v) is 12.7. The molecule has 10 heteroatoms. The van der Waals surface area contributed by atoms with Gasteiger partial charge in [-0.3, -0.25) is 24.0 Å². The molecule has 22 heavy (non-hydrogen) atoms. The fourth-order valence-corrected chi connectivity index (χ4v) is 1.37. The second-order valence-electron chi connectivity index (χ2n) is 4.41. The van der Waals surface area contributed by atoms with Gasteiger partial charge in [0, 0.05) is 21.2 Å². The van der Waals surface area contributed by atoms with Crippen molar-refractivity contribution < 1.29 is 28.7 Å². The van der Waals surface area contributed by atoms with Crippen LogP contribution in [0.15, 0.2) is 0 Å². The van der Waals surface area contributed by atoms with Gasteiger partial charge in [-0.2, -0.15) is 0 Å². The van der Waals surface area contributed by atoms with Crippen LogP contribution in [-0.2, 0) is 28.7 Å². The second-order valence-corrected chi connectivity index (χ2v) is 4.41. The first-order chi connectivity index (χ1) is 10.3. The zero-order valence-electron chi connectivity index (χ0n) is 12.7. The van der Waals surface area contributed by atoms with E-state index >= 15 is 0 Å². The molecule has 0 fully saturated rings. The van der Waals surface area contributed by atoms with Crippen LogP contribution >= 0.6 is 0 Å². The molecule has 0 aliphatic carbocycles. The summed E-state index contributed by atoms with van der Waals surface area (Å²) in [5, 5.41) is 6.50. The molecule has 0 aliphatic heterocycles. The number of Topliss-reactive ketones (excluding diaryl/α,β-unsaturated/α-hetero) is 1.